The lowest BCUT2D eigenvalue weighted by molar-refractivity contribution is 0.453. The van der Waals surface area contributed by atoms with Gasteiger partial charge in [0.2, 0.25) is 0 Å². The summed E-state index contributed by atoms with van der Waals surface area (Å²) in [6.07, 6.45) is 9.46. The zero-order chi connectivity index (χ0) is 10.5. The molecule has 0 unspecified atom stereocenters. The molecule has 1 aromatic rings. The summed E-state index contributed by atoms with van der Waals surface area (Å²) in [5.41, 5.74) is 0. The van der Waals surface area contributed by atoms with Crippen molar-refractivity contribution in [1.82, 2.24) is 10.2 Å². The van der Waals surface area contributed by atoms with Gasteiger partial charge in [0.15, 0.2) is 0 Å². The summed E-state index contributed by atoms with van der Waals surface area (Å²) in [5.74, 6) is 1.16. The van der Waals surface area contributed by atoms with Crippen LogP contribution >= 0.6 is 22.9 Å². The first kappa shape index (κ1) is 11.3. The molecule has 0 radical (unpaired) electrons. The lowest BCUT2D eigenvalue weighted by Gasteiger charge is -2.16. The van der Waals surface area contributed by atoms with Gasteiger partial charge in [0.1, 0.15) is 10.0 Å². The maximum atomic E-state index is 5.75. The summed E-state index contributed by atoms with van der Waals surface area (Å²) in [6, 6.07) is 0. The largest absolute Gasteiger partial charge is 0.143 e. The molecule has 4 heteroatoms. The van der Waals surface area contributed by atoms with Crippen molar-refractivity contribution in [3.05, 3.63) is 10.0 Å². The molecule has 0 bridgehead atoms. The van der Waals surface area contributed by atoms with E-state index >= 15 is 0 Å². The summed E-state index contributed by atoms with van der Waals surface area (Å²) in [7, 11) is 0. The maximum absolute atomic E-state index is 5.75. The highest BCUT2D eigenvalue weighted by molar-refractivity contribution is 7.11. The lowest BCUT2D eigenvalue weighted by atomic mass is 9.92. The minimum absolute atomic E-state index is 0.504. The van der Waals surface area contributed by atoms with Crippen LogP contribution in [-0.4, -0.2) is 10.2 Å². The first-order valence-corrected chi connectivity index (χ1v) is 7.13. The molecule has 2 rings (SSSR count). The van der Waals surface area contributed by atoms with Gasteiger partial charge in [-0.05, 0) is 12.8 Å². The predicted octanol–water partition coefficient (Wildman–Crippen LogP) is 4.10. The zero-order valence-electron chi connectivity index (χ0n) is 8.91. The predicted molar refractivity (Wildman–Crippen MR) is 64.5 cm³/mol. The SMILES string of the molecule is ClCc1nnc(C2CCCCCCC2)s1. The van der Waals surface area contributed by atoms with Gasteiger partial charge in [-0.15, -0.1) is 21.8 Å². The molecule has 0 N–H and O–H groups in total. The number of hydrogen-bond donors (Lipinski definition) is 0. The first-order valence-electron chi connectivity index (χ1n) is 5.78. The second kappa shape index (κ2) is 5.80. The molecule has 15 heavy (non-hydrogen) atoms. The van der Waals surface area contributed by atoms with E-state index in [1.54, 1.807) is 11.3 Å². The number of hydrogen-bond acceptors (Lipinski definition) is 3. The van der Waals surface area contributed by atoms with Crippen LogP contribution in [0.4, 0.5) is 0 Å². The Bertz CT molecular complexity index is 293. The Morgan fingerprint density at radius 3 is 2.33 bits per heavy atom. The van der Waals surface area contributed by atoms with Crippen LogP contribution in [0.15, 0.2) is 0 Å². The minimum atomic E-state index is 0.504. The fourth-order valence-corrected chi connectivity index (χ4v) is 3.27. The van der Waals surface area contributed by atoms with Gasteiger partial charge in [-0.2, -0.15) is 0 Å². The van der Waals surface area contributed by atoms with E-state index in [0.717, 1.165) is 5.01 Å². The van der Waals surface area contributed by atoms with E-state index < -0.39 is 0 Å². The van der Waals surface area contributed by atoms with Crippen LogP contribution in [0.1, 0.15) is 60.9 Å². The van der Waals surface area contributed by atoms with E-state index in [4.69, 9.17) is 11.6 Å². The van der Waals surface area contributed by atoms with Crippen molar-refractivity contribution in [2.75, 3.05) is 0 Å². The third kappa shape index (κ3) is 3.15. The van der Waals surface area contributed by atoms with Crippen LogP contribution in [0.25, 0.3) is 0 Å². The number of alkyl halides is 1. The highest BCUT2D eigenvalue weighted by Gasteiger charge is 2.17. The van der Waals surface area contributed by atoms with Gasteiger partial charge in [-0.25, -0.2) is 0 Å². The Morgan fingerprint density at radius 1 is 1.07 bits per heavy atom. The molecular weight excluding hydrogens is 228 g/mol. The van der Waals surface area contributed by atoms with Crippen LogP contribution in [0, 0.1) is 0 Å². The number of rotatable bonds is 2. The highest BCUT2D eigenvalue weighted by Crippen LogP contribution is 2.32. The Balaban J connectivity index is 2.00. The van der Waals surface area contributed by atoms with E-state index in [-0.39, 0.29) is 0 Å². The maximum Gasteiger partial charge on any atom is 0.132 e. The van der Waals surface area contributed by atoms with E-state index in [1.807, 2.05) is 0 Å². The number of aromatic nitrogens is 2. The van der Waals surface area contributed by atoms with Crippen molar-refractivity contribution in [3.8, 4) is 0 Å². The Morgan fingerprint density at radius 2 is 1.73 bits per heavy atom. The van der Waals surface area contributed by atoms with Crippen molar-refractivity contribution < 1.29 is 0 Å². The van der Waals surface area contributed by atoms with Crippen LogP contribution < -0.4 is 0 Å². The Labute approximate surface area is 100 Å². The molecule has 0 atom stereocenters. The van der Waals surface area contributed by atoms with Gasteiger partial charge >= 0.3 is 0 Å². The van der Waals surface area contributed by atoms with Crippen molar-refractivity contribution >= 4 is 22.9 Å². The molecule has 1 aliphatic rings. The molecule has 1 aliphatic carbocycles. The topological polar surface area (TPSA) is 25.8 Å². The molecule has 1 heterocycles. The van der Waals surface area contributed by atoms with Crippen LogP contribution in [0.3, 0.4) is 0 Å². The number of nitrogens with zero attached hydrogens (tertiary/aromatic N) is 2. The monoisotopic (exact) mass is 244 g/mol. The second-order valence-electron chi connectivity index (χ2n) is 4.21. The molecule has 2 nitrogen and oxygen atoms in total. The van der Waals surface area contributed by atoms with Crippen molar-refractivity contribution in [2.45, 2.75) is 56.7 Å². The third-order valence-corrected chi connectivity index (χ3v) is 4.55. The van der Waals surface area contributed by atoms with Gasteiger partial charge in [0.05, 0.1) is 5.88 Å². The molecule has 0 aliphatic heterocycles. The molecule has 1 aromatic heterocycles. The Kier molecular flexibility index (Phi) is 4.39. The summed E-state index contributed by atoms with van der Waals surface area (Å²) < 4.78 is 0. The van der Waals surface area contributed by atoms with Gasteiger partial charge in [0.25, 0.3) is 0 Å². The van der Waals surface area contributed by atoms with Crippen LogP contribution in [0.2, 0.25) is 0 Å². The summed E-state index contributed by atoms with van der Waals surface area (Å²) in [6.45, 7) is 0. The Hall–Kier alpha value is -0.150. The summed E-state index contributed by atoms with van der Waals surface area (Å²) in [5, 5.41) is 10.5. The molecule has 1 fully saturated rings. The van der Waals surface area contributed by atoms with Crippen molar-refractivity contribution in [3.63, 3.8) is 0 Å². The molecule has 0 aromatic carbocycles. The van der Waals surface area contributed by atoms with E-state index in [0.29, 0.717) is 11.8 Å². The molecule has 0 spiro atoms. The molecule has 1 saturated carbocycles. The average Bonchev–Trinajstić information content (AvgIpc) is 2.65. The number of halogens is 1. The minimum Gasteiger partial charge on any atom is -0.143 e. The molecule has 84 valence electrons. The summed E-state index contributed by atoms with van der Waals surface area (Å²) in [4.78, 5) is 0. The smallest absolute Gasteiger partial charge is 0.132 e. The van der Waals surface area contributed by atoms with Crippen molar-refractivity contribution in [2.24, 2.45) is 0 Å². The normalized spacial score (nSPS) is 19.8. The van der Waals surface area contributed by atoms with Crippen molar-refractivity contribution in [1.29, 1.82) is 0 Å². The van der Waals surface area contributed by atoms with Gasteiger partial charge in [-0.1, -0.05) is 43.4 Å². The molecule has 0 saturated heterocycles. The molecule has 0 amide bonds. The van der Waals surface area contributed by atoms with E-state index in [2.05, 4.69) is 10.2 Å². The highest BCUT2D eigenvalue weighted by atomic mass is 35.5. The summed E-state index contributed by atoms with van der Waals surface area (Å²) >= 11 is 7.45. The van der Waals surface area contributed by atoms with Gasteiger partial charge < -0.3 is 0 Å². The zero-order valence-corrected chi connectivity index (χ0v) is 10.5. The fourth-order valence-electron chi connectivity index (χ4n) is 2.19. The van der Waals surface area contributed by atoms with Gasteiger partial charge in [-0.3, -0.25) is 0 Å². The van der Waals surface area contributed by atoms with E-state index in [1.165, 1.54) is 50.0 Å². The third-order valence-electron chi connectivity index (χ3n) is 3.05. The standard InChI is InChI=1S/C11H17ClN2S/c12-8-10-13-14-11(15-10)9-6-4-2-1-3-5-7-9/h9H,1-8H2. The fraction of sp³-hybridized carbons (Fsp3) is 0.818. The average molecular weight is 245 g/mol. The lowest BCUT2D eigenvalue weighted by Crippen LogP contribution is -2.01. The van der Waals surface area contributed by atoms with E-state index in [9.17, 15) is 0 Å². The van der Waals surface area contributed by atoms with Gasteiger partial charge in [0, 0.05) is 5.92 Å². The van der Waals surface area contributed by atoms with Crippen LogP contribution in [-0.2, 0) is 5.88 Å². The second-order valence-corrected chi connectivity index (χ2v) is 5.57. The molecular formula is C11H17ClN2S. The van der Waals surface area contributed by atoms with Crippen LogP contribution in [0.5, 0.6) is 0 Å². The first-order chi connectivity index (χ1) is 7.40. The quantitative estimate of drug-likeness (QED) is 0.732.